The van der Waals surface area contributed by atoms with Crippen LogP contribution in [0.5, 0.6) is 0 Å². The molecule has 0 aromatic heterocycles. The molecule has 2 bridgehead atoms. The number of hydrogen-bond donors (Lipinski definition) is 5. The molecule has 9 atom stereocenters. The number of aliphatic hydroxyl groups is 5. The molecule has 3 aliphatic rings. The Hall–Kier alpha value is -1.37. The highest BCUT2D eigenvalue weighted by molar-refractivity contribution is 5.83. The predicted octanol–water partition coefficient (Wildman–Crippen LogP) is -1.08. The van der Waals surface area contributed by atoms with Gasteiger partial charge in [0.25, 0.3) is 0 Å². The van der Waals surface area contributed by atoms with E-state index in [2.05, 4.69) is 0 Å². The van der Waals surface area contributed by atoms with Crippen LogP contribution >= 0.6 is 0 Å². The van der Waals surface area contributed by atoms with Gasteiger partial charge in [0.2, 0.25) is 6.29 Å². The molecule has 10 nitrogen and oxygen atoms in total. The third-order valence-corrected chi connectivity index (χ3v) is 6.30. The van der Waals surface area contributed by atoms with E-state index < -0.39 is 60.6 Å². The van der Waals surface area contributed by atoms with E-state index in [9.17, 15) is 30.3 Å². The van der Waals surface area contributed by atoms with Crippen LogP contribution in [0.4, 0.5) is 0 Å². The summed E-state index contributed by atoms with van der Waals surface area (Å²) in [6, 6.07) is 0. The Labute approximate surface area is 180 Å². The fraction of sp³-hybridized carbons (Fsp3) is 0.762. The second-order valence-electron chi connectivity index (χ2n) is 8.84. The SMILES string of the molecule is CC(/C=C/C1(C)OCC2CC(O)CC1(C)O2)=C\C(=O)O[C@@H]1O[C@H](CO)[C@@H](O)[C@H](O)[C@H]1O. The van der Waals surface area contributed by atoms with Gasteiger partial charge in [-0.1, -0.05) is 6.08 Å². The van der Waals surface area contributed by atoms with Crippen molar-refractivity contribution in [2.24, 2.45) is 0 Å². The molecule has 5 N–H and O–H groups in total. The predicted molar refractivity (Wildman–Crippen MR) is 106 cm³/mol. The van der Waals surface area contributed by atoms with Crippen LogP contribution in [0.25, 0.3) is 0 Å². The number of aliphatic hydroxyl groups excluding tert-OH is 5. The molecule has 0 aliphatic carbocycles. The number of hydrogen-bond acceptors (Lipinski definition) is 10. The summed E-state index contributed by atoms with van der Waals surface area (Å²) < 4.78 is 22.3. The van der Waals surface area contributed by atoms with E-state index in [-0.39, 0.29) is 6.10 Å². The summed E-state index contributed by atoms with van der Waals surface area (Å²) in [4.78, 5) is 12.2. The van der Waals surface area contributed by atoms with Crippen molar-refractivity contribution < 1.29 is 49.3 Å². The highest BCUT2D eigenvalue weighted by atomic mass is 16.7. The van der Waals surface area contributed by atoms with Crippen molar-refractivity contribution >= 4 is 5.97 Å². The Morgan fingerprint density at radius 1 is 1.16 bits per heavy atom. The van der Waals surface area contributed by atoms with Crippen molar-refractivity contribution in [2.45, 2.75) is 87.7 Å². The van der Waals surface area contributed by atoms with E-state index in [0.29, 0.717) is 25.0 Å². The molecule has 3 fully saturated rings. The molecule has 176 valence electrons. The van der Waals surface area contributed by atoms with Gasteiger partial charge < -0.3 is 44.5 Å². The van der Waals surface area contributed by atoms with Gasteiger partial charge in [-0.15, -0.1) is 0 Å². The van der Waals surface area contributed by atoms with Crippen molar-refractivity contribution in [1.82, 2.24) is 0 Å². The number of allylic oxidation sites excluding steroid dienone is 2. The fourth-order valence-corrected chi connectivity index (χ4v) is 4.20. The molecule has 4 unspecified atom stereocenters. The molecule has 0 aromatic carbocycles. The molecule has 0 spiro atoms. The minimum Gasteiger partial charge on any atom is -0.430 e. The number of carbonyl (C=O) groups is 1. The maximum atomic E-state index is 12.2. The van der Waals surface area contributed by atoms with E-state index in [0.717, 1.165) is 0 Å². The first kappa shape index (κ1) is 24.3. The Bertz CT molecular complexity index is 717. The van der Waals surface area contributed by atoms with Crippen LogP contribution in [0, 0.1) is 0 Å². The lowest BCUT2D eigenvalue weighted by atomic mass is 9.76. The van der Waals surface area contributed by atoms with Crippen LogP contribution in [0.2, 0.25) is 0 Å². The highest BCUT2D eigenvalue weighted by Gasteiger charge is 2.54. The summed E-state index contributed by atoms with van der Waals surface area (Å²) >= 11 is 0. The Balaban J connectivity index is 1.64. The lowest BCUT2D eigenvalue weighted by Gasteiger charge is -2.54. The average molecular weight is 444 g/mol. The summed E-state index contributed by atoms with van der Waals surface area (Å²) in [7, 11) is 0. The minimum atomic E-state index is -1.66. The average Bonchev–Trinajstić information content (AvgIpc) is 2.69. The normalized spacial score (nSPS) is 46.2. The second kappa shape index (κ2) is 9.24. The zero-order valence-corrected chi connectivity index (χ0v) is 17.9. The van der Waals surface area contributed by atoms with E-state index in [1.165, 1.54) is 6.08 Å². The molecular formula is C21H32O10. The number of ether oxygens (including phenoxy) is 4. The third-order valence-electron chi connectivity index (χ3n) is 6.30. The summed E-state index contributed by atoms with van der Waals surface area (Å²) in [6.07, 6.45) is -2.58. The third kappa shape index (κ3) is 5.01. The van der Waals surface area contributed by atoms with Crippen LogP contribution < -0.4 is 0 Å². The highest BCUT2D eigenvalue weighted by Crippen LogP contribution is 2.44. The van der Waals surface area contributed by atoms with Gasteiger partial charge in [0.1, 0.15) is 35.6 Å². The molecule has 3 heterocycles. The Kier molecular flexibility index (Phi) is 7.24. The number of esters is 1. The van der Waals surface area contributed by atoms with Gasteiger partial charge in [0, 0.05) is 18.9 Å². The van der Waals surface area contributed by atoms with E-state index in [1.807, 2.05) is 13.8 Å². The van der Waals surface area contributed by atoms with Crippen molar-refractivity contribution in [3.63, 3.8) is 0 Å². The van der Waals surface area contributed by atoms with Crippen LogP contribution in [0.3, 0.4) is 0 Å². The fourth-order valence-electron chi connectivity index (χ4n) is 4.20. The summed E-state index contributed by atoms with van der Waals surface area (Å²) in [5, 5.41) is 48.9. The molecule has 0 saturated carbocycles. The topological polar surface area (TPSA) is 155 Å². The largest absolute Gasteiger partial charge is 0.430 e. The number of fused-ring (bicyclic) bond motifs is 2. The van der Waals surface area contributed by atoms with E-state index >= 15 is 0 Å². The van der Waals surface area contributed by atoms with Crippen LogP contribution in [-0.4, -0.2) is 98.8 Å². The molecule has 31 heavy (non-hydrogen) atoms. The quantitative estimate of drug-likeness (QED) is 0.201. The molecule has 3 saturated heterocycles. The van der Waals surface area contributed by atoms with Crippen molar-refractivity contribution in [1.29, 1.82) is 0 Å². The van der Waals surface area contributed by atoms with E-state index in [4.69, 9.17) is 18.9 Å². The van der Waals surface area contributed by atoms with Gasteiger partial charge in [-0.25, -0.2) is 4.79 Å². The molecule has 3 aliphatic heterocycles. The standard InChI is InChI=1S/C21H32O10/c1-11(4-5-20(2)21(3)8-12(23)7-13(31-21)10-28-20)6-15(24)30-19-18(27)17(26)16(25)14(9-22)29-19/h4-6,12-14,16-19,22-23,25-27H,7-10H2,1-3H3/b5-4+,11-6+/t12?,13?,14-,16-,17+,18-,19+,20?,21?/m1/s1. The first-order valence-corrected chi connectivity index (χ1v) is 10.4. The first-order chi connectivity index (χ1) is 14.5. The van der Waals surface area contributed by atoms with Gasteiger partial charge >= 0.3 is 5.97 Å². The molecule has 0 aromatic rings. The molecule has 0 amide bonds. The monoisotopic (exact) mass is 444 g/mol. The lowest BCUT2D eigenvalue weighted by Crippen LogP contribution is -2.63. The van der Waals surface area contributed by atoms with Crippen molar-refractivity contribution in [3.8, 4) is 0 Å². The summed E-state index contributed by atoms with van der Waals surface area (Å²) in [6.45, 7) is 5.15. The molecular weight excluding hydrogens is 412 g/mol. The van der Waals surface area contributed by atoms with Crippen LogP contribution in [0.15, 0.2) is 23.8 Å². The van der Waals surface area contributed by atoms with Gasteiger partial charge in [-0.2, -0.15) is 0 Å². The van der Waals surface area contributed by atoms with Gasteiger partial charge in [0.15, 0.2) is 0 Å². The molecule has 10 heteroatoms. The number of carbonyl (C=O) groups excluding carboxylic acids is 1. The van der Waals surface area contributed by atoms with Gasteiger partial charge in [-0.3, -0.25) is 0 Å². The van der Waals surface area contributed by atoms with Crippen molar-refractivity contribution in [3.05, 3.63) is 23.8 Å². The zero-order chi connectivity index (χ0) is 23.0. The van der Waals surface area contributed by atoms with E-state index in [1.54, 1.807) is 19.1 Å². The van der Waals surface area contributed by atoms with Crippen LogP contribution in [0.1, 0.15) is 33.6 Å². The second-order valence-corrected chi connectivity index (χ2v) is 8.84. The lowest BCUT2D eigenvalue weighted by molar-refractivity contribution is -0.291. The van der Waals surface area contributed by atoms with Gasteiger partial charge in [0.05, 0.1) is 25.4 Å². The molecule has 3 rings (SSSR count). The van der Waals surface area contributed by atoms with Crippen molar-refractivity contribution in [2.75, 3.05) is 13.2 Å². The van der Waals surface area contributed by atoms with Gasteiger partial charge in [-0.05, 0) is 32.4 Å². The van der Waals surface area contributed by atoms with Crippen LogP contribution in [-0.2, 0) is 23.7 Å². The molecule has 0 radical (unpaired) electrons. The maximum absolute atomic E-state index is 12.2. The minimum absolute atomic E-state index is 0.152. The smallest absolute Gasteiger partial charge is 0.333 e. The number of rotatable bonds is 5. The Morgan fingerprint density at radius 2 is 1.87 bits per heavy atom. The first-order valence-electron chi connectivity index (χ1n) is 10.4. The summed E-state index contributed by atoms with van der Waals surface area (Å²) in [5.74, 6) is -0.836. The summed E-state index contributed by atoms with van der Waals surface area (Å²) in [5.41, 5.74) is -1.02. The zero-order valence-electron chi connectivity index (χ0n) is 17.9. The Morgan fingerprint density at radius 3 is 2.55 bits per heavy atom. The maximum Gasteiger partial charge on any atom is 0.333 e.